The van der Waals surface area contributed by atoms with Gasteiger partial charge in [-0.3, -0.25) is 14.7 Å². The zero-order valence-corrected chi connectivity index (χ0v) is 26.0. The van der Waals surface area contributed by atoms with Crippen molar-refractivity contribution in [2.24, 2.45) is 5.92 Å². The van der Waals surface area contributed by atoms with E-state index >= 15 is 8.78 Å². The van der Waals surface area contributed by atoms with Crippen LogP contribution in [-0.4, -0.2) is 70.3 Å². The van der Waals surface area contributed by atoms with Crippen LogP contribution in [0.2, 0.25) is 5.02 Å². The number of carbonyl (C=O) groups excluding carboxylic acids is 1. The van der Waals surface area contributed by atoms with E-state index < -0.39 is 11.6 Å². The molecule has 0 aliphatic carbocycles. The van der Waals surface area contributed by atoms with Gasteiger partial charge >= 0.3 is 0 Å². The summed E-state index contributed by atoms with van der Waals surface area (Å²) in [5.41, 5.74) is 2.48. The van der Waals surface area contributed by atoms with Gasteiger partial charge in [-0.15, -0.1) is 0 Å². The third-order valence-electron chi connectivity index (χ3n) is 8.25. The number of hydrogen-bond donors (Lipinski definition) is 4. The second kappa shape index (κ2) is 14.0. The first-order valence-corrected chi connectivity index (χ1v) is 15.4. The lowest BCUT2D eigenvalue weighted by atomic mass is 10.0. The summed E-state index contributed by atoms with van der Waals surface area (Å²) in [4.78, 5) is 26.5. The third-order valence-corrected chi connectivity index (χ3v) is 8.66. The van der Waals surface area contributed by atoms with Gasteiger partial charge in [0, 0.05) is 92.4 Å². The molecule has 13 heteroatoms. The van der Waals surface area contributed by atoms with E-state index in [9.17, 15) is 9.90 Å². The van der Waals surface area contributed by atoms with Crippen LogP contribution >= 0.6 is 11.6 Å². The molecule has 240 valence electrons. The minimum atomic E-state index is -0.624. The average molecular weight is 650 g/mol. The van der Waals surface area contributed by atoms with Gasteiger partial charge in [-0.2, -0.15) is 0 Å². The standard InChI is InChI=1S/C33H34ClF2N7O3/c1-46-33-20(13-37-14-22-6-8-27(45)40-22)5-7-25(42-33)23-10-12-38-31(30(23)36)24-3-2-4-26(28(24)34)41-32-29(35)21(9-11-39-32)17-43-15-19(16-43)18-44/h2-5,7,9-12,19,22,37,44H,6,8,13-18H2,1H3,(H,39,41)(H,40,45). The fourth-order valence-corrected chi connectivity index (χ4v) is 6.03. The molecule has 2 aliphatic rings. The van der Waals surface area contributed by atoms with Crippen molar-refractivity contribution < 1.29 is 23.4 Å². The van der Waals surface area contributed by atoms with Crippen molar-refractivity contribution >= 4 is 29.0 Å². The number of methoxy groups -OCH3 is 1. The molecule has 1 aromatic carbocycles. The molecule has 3 aromatic heterocycles. The first-order valence-electron chi connectivity index (χ1n) is 15.1. The average Bonchev–Trinajstić information content (AvgIpc) is 3.46. The number of hydrogen-bond acceptors (Lipinski definition) is 9. The van der Waals surface area contributed by atoms with Gasteiger partial charge < -0.3 is 25.8 Å². The quantitative estimate of drug-likeness (QED) is 0.173. The molecule has 10 nitrogen and oxygen atoms in total. The van der Waals surface area contributed by atoms with Crippen LogP contribution in [-0.2, 0) is 17.9 Å². The Balaban J connectivity index is 1.20. The monoisotopic (exact) mass is 649 g/mol. The maximum Gasteiger partial charge on any atom is 0.220 e. The first kappa shape index (κ1) is 31.7. The molecule has 4 N–H and O–H groups in total. The molecular formula is C33H34ClF2N7O3. The normalized spacial score (nSPS) is 16.7. The maximum atomic E-state index is 16.1. The van der Waals surface area contributed by atoms with Crippen LogP contribution in [0.1, 0.15) is 24.0 Å². The summed E-state index contributed by atoms with van der Waals surface area (Å²) in [7, 11) is 1.50. The van der Waals surface area contributed by atoms with Crippen LogP contribution in [0.25, 0.3) is 22.5 Å². The van der Waals surface area contributed by atoms with E-state index in [1.54, 1.807) is 30.3 Å². The molecule has 0 saturated carbocycles. The number of rotatable bonds is 12. The van der Waals surface area contributed by atoms with E-state index in [1.165, 1.54) is 25.6 Å². The molecule has 2 saturated heterocycles. The van der Waals surface area contributed by atoms with Gasteiger partial charge in [0.2, 0.25) is 11.8 Å². The Morgan fingerprint density at radius 1 is 1.07 bits per heavy atom. The number of nitrogens with one attached hydrogen (secondary N) is 3. The highest BCUT2D eigenvalue weighted by Crippen LogP contribution is 2.38. The van der Waals surface area contributed by atoms with Gasteiger partial charge in [-0.25, -0.2) is 18.7 Å². The zero-order valence-electron chi connectivity index (χ0n) is 25.2. The van der Waals surface area contributed by atoms with Gasteiger partial charge in [0.05, 0.1) is 23.5 Å². The number of aromatic nitrogens is 3. The summed E-state index contributed by atoms with van der Waals surface area (Å²) < 4.78 is 37.0. The molecule has 0 spiro atoms. The highest BCUT2D eigenvalue weighted by Gasteiger charge is 2.27. The molecular weight excluding hydrogens is 616 g/mol. The number of likely N-dealkylation sites (tertiary alicyclic amines) is 1. The van der Waals surface area contributed by atoms with E-state index in [4.69, 9.17) is 16.3 Å². The third kappa shape index (κ3) is 6.80. The van der Waals surface area contributed by atoms with Crippen LogP contribution in [0.3, 0.4) is 0 Å². The number of amides is 1. The Labute approximate surface area is 270 Å². The molecule has 5 heterocycles. The fraction of sp³-hybridized carbons (Fsp3) is 0.333. The van der Waals surface area contributed by atoms with Gasteiger partial charge in [-0.05, 0) is 30.7 Å². The van der Waals surface area contributed by atoms with Crippen molar-refractivity contribution in [3.63, 3.8) is 0 Å². The van der Waals surface area contributed by atoms with Crippen LogP contribution < -0.4 is 20.7 Å². The number of nitrogens with zero attached hydrogens (tertiary/aromatic N) is 4. The largest absolute Gasteiger partial charge is 0.481 e. The Hall–Kier alpha value is -4.23. The van der Waals surface area contributed by atoms with E-state index in [-0.39, 0.29) is 46.6 Å². The SMILES string of the molecule is COc1nc(-c2ccnc(-c3cccc(Nc4nccc(CN5CC(CO)C5)c4F)c3Cl)c2F)ccc1CNCC1CCC(=O)N1. The van der Waals surface area contributed by atoms with Crippen molar-refractivity contribution in [3.8, 4) is 28.4 Å². The topological polar surface area (TPSA) is 125 Å². The van der Waals surface area contributed by atoms with Crippen molar-refractivity contribution in [2.75, 3.05) is 38.7 Å². The van der Waals surface area contributed by atoms with Gasteiger partial charge in [0.1, 0.15) is 5.69 Å². The van der Waals surface area contributed by atoms with Crippen molar-refractivity contribution in [3.05, 3.63) is 82.6 Å². The summed E-state index contributed by atoms with van der Waals surface area (Å²) >= 11 is 6.76. The second-order valence-electron chi connectivity index (χ2n) is 11.5. The van der Waals surface area contributed by atoms with Crippen molar-refractivity contribution in [1.29, 1.82) is 0 Å². The Kier molecular flexibility index (Phi) is 9.69. The van der Waals surface area contributed by atoms with Gasteiger partial charge in [0.25, 0.3) is 0 Å². The van der Waals surface area contributed by atoms with Crippen LogP contribution in [0.5, 0.6) is 5.88 Å². The number of halogens is 3. The van der Waals surface area contributed by atoms with Crippen molar-refractivity contribution in [1.82, 2.24) is 30.5 Å². The minimum absolute atomic E-state index is 0.00293. The summed E-state index contributed by atoms with van der Waals surface area (Å²) in [6, 6.07) is 11.7. The molecule has 4 aromatic rings. The Bertz CT molecular complexity index is 1740. The van der Waals surface area contributed by atoms with Gasteiger partial charge in [-0.1, -0.05) is 29.8 Å². The zero-order chi connectivity index (χ0) is 32.2. The molecule has 2 fully saturated rings. The number of aliphatic hydroxyl groups excluding tert-OH is 1. The second-order valence-corrected chi connectivity index (χ2v) is 11.9. The number of pyridine rings is 3. The Morgan fingerprint density at radius 2 is 1.89 bits per heavy atom. The lowest BCUT2D eigenvalue weighted by Crippen LogP contribution is -2.47. The highest BCUT2D eigenvalue weighted by atomic mass is 35.5. The lowest BCUT2D eigenvalue weighted by molar-refractivity contribution is -0.119. The lowest BCUT2D eigenvalue weighted by Gasteiger charge is -2.38. The summed E-state index contributed by atoms with van der Waals surface area (Å²) in [5.74, 6) is -0.508. The van der Waals surface area contributed by atoms with E-state index in [0.29, 0.717) is 67.5 Å². The maximum absolute atomic E-state index is 16.1. The number of anilines is 2. The predicted molar refractivity (Wildman–Crippen MR) is 171 cm³/mol. The van der Waals surface area contributed by atoms with Gasteiger partial charge in [0.15, 0.2) is 17.5 Å². The molecule has 1 amide bonds. The Morgan fingerprint density at radius 3 is 2.65 bits per heavy atom. The predicted octanol–water partition coefficient (Wildman–Crippen LogP) is 4.68. The summed E-state index contributed by atoms with van der Waals surface area (Å²) in [6.45, 7) is 3.01. The molecule has 0 bridgehead atoms. The summed E-state index contributed by atoms with van der Waals surface area (Å²) in [6.07, 6.45) is 4.32. The molecule has 1 atom stereocenters. The van der Waals surface area contributed by atoms with E-state index in [1.807, 2.05) is 11.0 Å². The smallest absolute Gasteiger partial charge is 0.220 e. The number of ether oxygens (including phenoxy) is 1. The molecule has 46 heavy (non-hydrogen) atoms. The fourth-order valence-electron chi connectivity index (χ4n) is 5.77. The molecule has 6 rings (SSSR count). The van der Waals surface area contributed by atoms with E-state index in [0.717, 1.165) is 12.0 Å². The first-order chi connectivity index (χ1) is 22.3. The molecule has 2 aliphatic heterocycles. The molecule has 1 unspecified atom stereocenters. The summed E-state index contributed by atoms with van der Waals surface area (Å²) in [5, 5.41) is 18.6. The van der Waals surface area contributed by atoms with Crippen molar-refractivity contribution in [2.45, 2.75) is 32.0 Å². The van der Waals surface area contributed by atoms with Crippen LogP contribution in [0.15, 0.2) is 54.9 Å². The van der Waals surface area contributed by atoms with E-state index in [2.05, 4.69) is 30.9 Å². The number of aliphatic hydroxyl groups is 1. The van der Waals surface area contributed by atoms with Crippen LogP contribution in [0.4, 0.5) is 20.3 Å². The highest BCUT2D eigenvalue weighted by molar-refractivity contribution is 6.36. The number of benzene rings is 1. The number of carbonyl (C=O) groups is 1. The molecule has 0 radical (unpaired) electrons. The minimum Gasteiger partial charge on any atom is -0.481 e. The van der Waals surface area contributed by atoms with Crippen LogP contribution in [0, 0.1) is 17.6 Å².